The van der Waals surface area contributed by atoms with Crippen LogP contribution in [0, 0.1) is 12.3 Å². The number of nitrogens with one attached hydrogen (secondary N) is 2. The molecule has 1 aromatic rings. The van der Waals surface area contributed by atoms with Crippen molar-refractivity contribution in [3.8, 4) is 0 Å². The molecule has 1 saturated carbocycles. The Morgan fingerprint density at radius 3 is 2.57 bits per heavy atom. The molecule has 1 aliphatic carbocycles. The van der Waals surface area contributed by atoms with E-state index in [9.17, 15) is 0 Å². The van der Waals surface area contributed by atoms with Crippen LogP contribution in [0.25, 0.3) is 0 Å². The van der Waals surface area contributed by atoms with Gasteiger partial charge in [-0.05, 0) is 27.2 Å². The third-order valence-electron chi connectivity index (χ3n) is 5.49. The molecule has 0 aliphatic heterocycles. The van der Waals surface area contributed by atoms with Gasteiger partial charge in [0.25, 0.3) is 0 Å². The molecule has 7 heteroatoms. The molecule has 0 spiro atoms. The number of aliphatic imine (C=N–C) groups is 1. The Balaban J connectivity index is 2.05. The molecule has 0 aromatic carbocycles. The molecule has 23 heavy (non-hydrogen) atoms. The van der Waals surface area contributed by atoms with Gasteiger partial charge in [0.15, 0.2) is 11.8 Å². The quantitative estimate of drug-likeness (QED) is 0.633. The fourth-order valence-corrected chi connectivity index (χ4v) is 2.95. The normalized spacial score (nSPS) is 26.7. The highest BCUT2D eigenvalue weighted by Crippen LogP contribution is 2.51. The lowest BCUT2D eigenvalue weighted by molar-refractivity contribution is -0.176. The van der Waals surface area contributed by atoms with Gasteiger partial charge in [-0.1, -0.05) is 13.8 Å². The number of guanidine groups is 1. The zero-order valence-corrected chi connectivity index (χ0v) is 15.4. The zero-order chi connectivity index (χ0) is 17.3. The van der Waals surface area contributed by atoms with E-state index in [1.807, 2.05) is 18.5 Å². The van der Waals surface area contributed by atoms with Gasteiger partial charge in [0, 0.05) is 32.2 Å². The first-order chi connectivity index (χ1) is 10.7. The van der Waals surface area contributed by atoms with Gasteiger partial charge < -0.3 is 19.9 Å². The van der Waals surface area contributed by atoms with Crippen LogP contribution in [0.1, 0.15) is 45.8 Å². The van der Waals surface area contributed by atoms with E-state index < -0.39 is 0 Å². The highest BCUT2D eigenvalue weighted by Gasteiger charge is 2.58. The summed E-state index contributed by atoms with van der Waals surface area (Å²) >= 11 is 0. The standard InChI is InChI=1S/C16H30N6O/c1-8-17-14(18-10-13-21-20-11(2)22(13)6)19-12-9-16(5,23-7)15(12,3)4/h12H,8-10H2,1-7H3,(H2,17,18,19). The zero-order valence-electron chi connectivity index (χ0n) is 15.4. The molecule has 1 heterocycles. The maximum absolute atomic E-state index is 5.69. The Kier molecular flexibility index (Phi) is 4.98. The van der Waals surface area contributed by atoms with E-state index in [0.29, 0.717) is 12.6 Å². The summed E-state index contributed by atoms with van der Waals surface area (Å²) in [7, 11) is 3.74. The second-order valence-electron chi connectivity index (χ2n) is 6.98. The Hall–Kier alpha value is -1.63. The first kappa shape index (κ1) is 17.7. The summed E-state index contributed by atoms with van der Waals surface area (Å²) in [6, 6.07) is 0.325. The predicted octanol–water partition coefficient (Wildman–Crippen LogP) is 1.38. The summed E-state index contributed by atoms with van der Waals surface area (Å²) in [5.74, 6) is 2.56. The van der Waals surface area contributed by atoms with Gasteiger partial charge in [-0.3, -0.25) is 0 Å². The molecule has 2 unspecified atom stereocenters. The van der Waals surface area contributed by atoms with Gasteiger partial charge in [-0.15, -0.1) is 10.2 Å². The highest BCUT2D eigenvalue weighted by atomic mass is 16.5. The number of hydrogen-bond donors (Lipinski definition) is 2. The molecule has 2 N–H and O–H groups in total. The predicted molar refractivity (Wildman–Crippen MR) is 91.3 cm³/mol. The van der Waals surface area contributed by atoms with E-state index >= 15 is 0 Å². The minimum Gasteiger partial charge on any atom is -0.378 e. The SMILES string of the molecule is CCNC(=NCc1nnc(C)n1C)NC1CC(C)(OC)C1(C)C. The molecule has 1 fully saturated rings. The van der Waals surface area contributed by atoms with E-state index in [-0.39, 0.29) is 11.0 Å². The maximum Gasteiger partial charge on any atom is 0.191 e. The van der Waals surface area contributed by atoms with Crippen molar-refractivity contribution in [1.29, 1.82) is 0 Å². The van der Waals surface area contributed by atoms with Gasteiger partial charge in [0.1, 0.15) is 12.4 Å². The molecule has 7 nitrogen and oxygen atoms in total. The van der Waals surface area contributed by atoms with Crippen LogP contribution in [0.5, 0.6) is 0 Å². The lowest BCUT2D eigenvalue weighted by Crippen LogP contribution is -2.69. The molecule has 0 bridgehead atoms. The number of rotatable bonds is 5. The second kappa shape index (κ2) is 6.47. The van der Waals surface area contributed by atoms with Crippen LogP contribution in [0.3, 0.4) is 0 Å². The number of hydrogen-bond acceptors (Lipinski definition) is 4. The van der Waals surface area contributed by atoms with Crippen molar-refractivity contribution < 1.29 is 4.74 Å². The largest absolute Gasteiger partial charge is 0.378 e. The molecular formula is C16H30N6O. The van der Waals surface area contributed by atoms with Crippen molar-refractivity contribution in [2.24, 2.45) is 17.5 Å². The van der Waals surface area contributed by atoms with E-state index in [0.717, 1.165) is 30.6 Å². The van der Waals surface area contributed by atoms with Crippen LogP contribution in [0.15, 0.2) is 4.99 Å². The van der Waals surface area contributed by atoms with E-state index in [1.165, 1.54) is 0 Å². The number of aromatic nitrogens is 3. The van der Waals surface area contributed by atoms with Crippen molar-refractivity contribution in [3.63, 3.8) is 0 Å². The topological polar surface area (TPSA) is 76.4 Å². The molecule has 0 amide bonds. The van der Waals surface area contributed by atoms with Crippen LogP contribution in [-0.4, -0.2) is 46.0 Å². The fraction of sp³-hybridized carbons (Fsp3) is 0.812. The molecule has 1 aromatic heterocycles. The Morgan fingerprint density at radius 2 is 2.09 bits per heavy atom. The fourth-order valence-electron chi connectivity index (χ4n) is 2.95. The van der Waals surface area contributed by atoms with Gasteiger partial charge >= 0.3 is 0 Å². The average molecular weight is 322 g/mol. The van der Waals surface area contributed by atoms with Gasteiger partial charge in [0.2, 0.25) is 0 Å². The summed E-state index contributed by atoms with van der Waals surface area (Å²) in [6.45, 7) is 11.9. The van der Waals surface area contributed by atoms with E-state index in [2.05, 4.69) is 53.5 Å². The lowest BCUT2D eigenvalue weighted by Gasteiger charge is -2.59. The third kappa shape index (κ3) is 3.20. The molecule has 2 rings (SSSR count). The summed E-state index contributed by atoms with van der Waals surface area (Å²) in [6.07, 6.45) is 0.962. The molecule has 130 valence electrons. The Labute approximate surface area is 138 Å². The number of ether oxygens (including phenoxy) is 1. The van der Waals surface area contributed by atoms with Crippen molar-refractivity contribution in [1.82, 2.24) is 25.4 Å². The summed E-state index contributed by atoms with van der Waals surface area (Å²) < 4.78 is 7.65. The monoisotopic (exact) mass is 322 g/mol. The van der Waals surface area contributed by atoms with Crippen LogP contribution >= 0.6 is 0 Å². The van der Waals surface area contributed by atoms with Crippen molar-refractivity contribution in [3.05, 3.63) is 11.6 Å². The third-order valence-corrected chi connectivity index (χ3v) is 5.49. The highest BCUT2D eigenvalue weighted by molar-refractivity contribution is 5.80. The number of aryl methyl sites for hydroxylation is 1. The first-order valence-corrected chi connectivity index (χ1v) is 8.20. The van der Waals surface area contributed by atoms with E-state index in [4.69, 9.17) is 4.74 Å². The van der Waals surface area contributed by atoms with Crippen LogP contribution in [0.2, 0.25) is 0 Å². The van der Waals surface area contributed by atoms with Crippen LogP contribution in [-0.2, 0) is 18.3 Å². The van der Waals surface area contributed by atoms with Crippen molar-refractivity contribution >= 4 is 5.96 Å². The van der Waals surface area contributed by atoms with Gasteiger partial charge in [0.05, 0.1) is 5.60 Å². The summed E-state index contributed by atoms with van der Waals surface area (Å²) in [5, 5.41) is 15.1. The minimum absolute atomic E-state index is 0.0410. The molecular weight excluding hydrogens is 292 g/mol. The molecule has 0 saturated heterocycles. The molecule has 0 radical (unpaired) electrons. The smallest absolute Gasteiger partial charge is 0.191 e. The molecule has 2 atom stereocenters. The van der Waals surface area contributed by atoms with Gasteiger partial charge in [-0.25, -0.2) is 4.99 Å². The lowest BCUT2D eigenvalue weighted by atomic mass is 9.56. The average Bonchev–Trinajstić information content (AvgIpc) is 2.83. The maximum atomic E-state index is 5.69. The first-order valence-electron chi connectivity index (χ1n) is 8.20. The van der Waals surface area contributed by atoms with Crippen molar-refractivity contribution in [2.75, 3.05) is 13.7 Å². The second-order valence-corrected chi connectivity index (χ2v) is 6.98. The van der Waals surface area contributed by atoms with E-state index in [1.54, 1.807) is 7.11 Å². The molecule has 1 aliphatic rings. The van der Waals surface area contributed by atoms with Crippen LogP contribution in [0.4, 0.5) is 0 Å². The Bertz CT molecular complexity index is 579. The number of nitrogens with zero attached hydrogens (tertiary/aromatic N) is 4. The number of methoxy groups -OCH3 is 1. The van der Waals surface area contributed by atoms with Gasteiger partial charge in [-0.2, -0.15) is 0 Å². The summed E-state index contributed by atoms with van der Waals surface area (Å²) in [5.41, 5.74) is -0.0536. The Morgan fingerprint density at radius 1 is 1.39 bits per heavy atom. The van der Waals surface area contributed by atoms with Crippen molar-refractivity contribution in [2.45, 2.75) is 59.2 Å². The summed E-state index contributed by atoms with van der Waals surface area (Å²) in [4.78, 5) is 4.65. The minimum atomic E-state index is -0.0945. The van der Waals surface area contributed by atoms with Crippen LogP contribution < -0.4 is 10.6 Å².